The number of methoxy groups -OCH3 is 1. The smallest absolute Gasteiger partial charge is 0.251 e. The largest absolute Gasteiger partial charge is 0.497 e. The van der Waals surface area contributed by atoms with Gasteiger partial charge in [-0.05, 0) is 36.4 Å². The molecule has 33 heavy (non-hydrogen) atoms. The van der Waals surface area contributed by atoms with E-state index >= 15 is 0 Å². The lowest BCUT2D eigenvalue weighted by molar-refractivity contribution is 0.0947. The Hall–Kier alpha value is -2.69. The van der Waals surface area contributed by atoms with Crippen molar-refractivity contribution < 1.29 is 17.9 Å². The van der Waals surface area contributed by atoms with Gasteiger partial charge in [-0.15, -0.1) is 0 Å². The second-order valence-electron chi connectivity index (χ2n) is 7.85. The summed E-state index contributed by atoms with van der Waals surface area (Å²) < 4.78 is 30.5. The molecule has 1 aliphatic heterocycles. The normalized spacial score (nSPS) is 15.0. The van der Waals surface area contributed by atoms with Gasteiger partial charge in [-0.2, -0.15) is 0 Å². The first kappa shape index (κ1) is 23.5. The van der Waals surface area contributed by atoms with Crippen LogP contribution in [0.5, 0.6) is 5.75 Å². The van der Waals surface area contributed by atoms with Gasteiger partial charge in [0.15, 0.2) is 15.0 Å². The van der Waals surface area contributed by atoms with E-state index in [1.165, 1.54) is 12.1 Å². The van der Waals surface area contributed by atoms with Crippen LogP contribution in [0.2, 0.25) is 0 Å². The first-order valence-corrected chi connectivity index (χ1v) is 13.4. The SMILES string of the molecule is CCS(=O)(=O)c1cccc(C(=O)NCCN2CCN(c3nc4ccc(OC)cc4s3)CC2)c1. The predicted molar refractivity (Wildman–Crippen MR) is 131 cm³/mol. The molecular weight excluding hydrogens is 460 g/mol. The molecule has 1 amide bonds. The van der Waals surface area contributed by atoms with Crippen LogP contribution in [-0.2, 0) is 9.84 Å². The Morgan fingerprint density at radius 1 is 1.15 bits per heavy atom. The number of carbonyl (C=O) groups is 1. The third kappa shape index (κ3) is 5.45. The molecule has 0 spiro atoms. The van der Waals surface area contributed by atoms with Gasteiger partial charge in [0.25, 0.3) is 5.91 Å². The average Bonchev–Trinajstić information content (AvgIpc) is 3.27. The van der Waals surface area contributed by atoms with Crippen LogP contribution in [0.3, 0.4) is 0 Å². The molecule has 0 atom stereocenters. The monoisotopic (exact) mass is 488 g/mol. The van der Waals surface area contributed by atoms with Gasteiger partial charge in [0.2, 0.25) is 0 Å². The number of hydrogen-bond donors (Lipinski definition) is 1. The van der Waals surface area contributed by atoms with E-state index in [0.717, 1.165) is 53.8 Å². The zero-order chi connectivity index (χ0) is 23.4. The number of piperazine rings is 1. The van der Waals surface area contributed by atoms with Crippen molar-refractivity contribution in [1.82, 2.24) is 15.2 Å². The molecule has 1 N–H and O–H groups in total. The Kier molecular flexibility index (Phi) is 7.16. The van der Waals surface area contributed by atoms with Gasteiger partial charge in [0.1, 0.15) is 5.75 Å². The highest BCUT2D eigenvalue weighted by Gasteiger charge is 2.20. The molecule has 1 saturated heterocycles. The van der Waals surface area contributed by atoms with Crippen molar-refractivity contribution in [3.8, 4) is 5.75 Å². The zero-order valence-corrected chi connectivity index (χ0v) is 20.4. The fourth-order valence-corrected chi connectivity index (χ4v) is 5.72. The molecule has 0 bridgehead atoms. The minimum absolute atomic E-state index is 0.00919. The molecular formula is C23H28N4O4S2. The number of carbonyl (C=O) groups excluding carboxylic acids is 1. The van der Waals surface area contributed by atoms with Gasteiger partial charge in [0.05, 0.1) is 28.0 Å². The molecule has 2 heterocycles. The van der Waals surface area contributed by atoms with Crippen molar-refractivity contribution in [3.05, 3.63) is 48.0 Å². The Morgan fingerprint density at radius 3 is 2.67 bits per heavy atom. The number of thiazole rings is 1. The number of anilines is 1. The van der Waals surface area contributed by atoms with E-state index in [1.807, 2.05) is 18.2 Å². The molecule has 0 unspecified atom stereocenters. The summed E-state index contributed by atoms with van der Waals surface area (Å²) in [5, 5.41) is 3.92. The zero-order valence-electron chi connectivity index (χ0n) is 18.8. The first-order chi connectivity index (χ1) is 15.9. The number of hydrogen-bond acceptors (Lipinski definition) is 8. The third-order valence-electron chi connectivity index (χ3n) is 5.78. The van der Waals surface area contributed by atoms with Crippen LogP contribution in [0.4, 0.5) is 5.13 Å². The van der Waals surface area contributed by atoms with E-state index < -0.39 is 9.84 Å². The molecule has 0 saturated carbocycles. The summed E-state index contributed by atoms with van der Waals surface area (Å²) in [6.07, 6.45) is 0. The lowest BCUT2D eigenvalue weighted by atomic mass is 10.2. The molecule has 8 nitrogen and oxygen atoms in total. The molecule has 3 aromatic rings. The Bertz CT molecular complexity index is 1230. The van der Waals surface area contributed by atoms with Crippen molar-refractivity contribution >= 4 is 42.4 Å². The van der Waals surface area contributed by atoms with E-state index in [0.29, 0.717) is 12.1 Å². The quantitative estimate of drug-likeness (QED) is 0.521. The summed E-state index contributed by atoms with van der Waals surface area (Å²) in [6, 6.07) is 12.1. The molecule has 10 heteroatoms. The maximum Gasteiger partial charge on any atom is 0.251 e. The highest BCUT2D eigenvalue weighted by molar-refractivity contribution is 7.91. The van der Waals surface area contributed by atoms with E-state index in [-0.39, 0.29) is 16.6 Å². The summed E-state index contributed by atoms with van der Waals surface area (Å²) in [5.74, 6) is 0.588. The lowest BCUT2D eigenvalue weighted by Gasteiger charge is -2.34. The van der Waals surface area contributed by atoms with Crippen LogP contribution in [0, 0.1) is 0 Å². The number of sulfone groups is 1. The van der Waals surface area contributed by atoms with Crippen molar-refractivity contribution in [1.29, 1.82) is 0 Å². The Labute approximate surface area is 198 Å². The summed E-state index contributed by atoms with van der Waals surface area (Å²) in [6.45, 7) is 6.37. The van der Waals surface area contributed by atoms with Gasteiger partial charge >= 0.3 is 0 Å². The van der Waals surface area contributed by atoms with Gasteiger partial charge in [-0.25, -0.2) is 13.4 Å². The Morgan fingerprint density at radius 2 is 1.94 bits per heavy atom. The fourth-order valence-electron chi connectivity index (χ4n) is 3.74. The van der Waals surface area contributed by atoms with E-state index in [9.17, 15) is 13.2 Å². The number of nitrogens with one attached hydrogen (secondary N) is 1. The summed E-state index contributed by atoms with van der Waals surface area (Å²) >= 11 is 1.67. The fraction of sp³-hybridized carbons (Fsp3) is 0.391. The number of benzene rings is 2. The second kappa shape index (κ2) is 10.1. The van der Waals surface area contributed by atoms with Gasteiger partial charge < -0.3 is 15.0 Å². The first-order valence-electron chi connectivity index (χ1n) is 10.9. The van der Waals surface area contributed by atoms with Crippen LogP contribution in [0.1, 0.15) is 17.3 Å². The van der Waals surface area contributed by atoms with Gasteiger partial charge in [-0.1, -0.05) is 24.3 Å². The number of aromatic nitrogens is 1. The van der Waals surface area contributed by atoms with Crippen LogP contribution in [0.15, 0.2) is 47.4 Å². The molecule has 2 aromatic carbocycles. The van der Waals surface area contributed by atoms with Crippen molar-refractivity contribution in [2.24, 2.45) is 0 Å². The lowest BCUT2D eigenvalue weighted by Crippen LogP contribution is -2.48. The van der Waals surface area contributed by atoms with E-state index in [1.54, 1.807) is 37.5 Å². The topological polar surface area (TPSA) is 91.8 Å². The highest BCUT2D eigenvalue weighted by atomic mass is 32.2. The van der Waals surface area contributed by atoms with E-state index in [2.05, 4.69) is 15.1 Å². The Balaban J connectivity index is 1.26. The maximum absolute atomic E-state index is 12.5. The predicted octanol–water partition coefficient (Wildman–Crippen LogP) is 2.65. The molecule has 0 aliphatic carbocycles. The minimum atomic E-state index is -3.34. The standard InChI is InChI=1S/C23H28N4O4S2/c1-3-33(29,30)19-6-4-5-17(15-19)22(28)24-9-10-26-11-13-27(14-12-26)23-25-20-8-7-18(31-2)16-21(20)32-23/h4-8,15-16H,3,9-14H2,1-2H3,(H,24,28). The summed E-state index contributed by atoms with van der Waals surface area (Å²) in [7, 11) is -1.67. The molecule has 1 aliphatic rings. The molecule has 1 aromatic heterocycles. The van der Waals surface area contributed by atoms with Crippen molar-refractivity contribution in [2.75, 3.05) is 57.0 Å². The number of rotatable bonds is 8. The number of nitrogens with zero attached hydrogens (tertiary/aromatic N) is 3. The van der Waals surface area contributed by atoms with Crippen LogP contribution in [-0.4, -0.2) is 76.3 Å². The van der Waals surface area contributed by atoms with Crippen LogP contribution >= 0.6 is 11.3 Å². The molecule has 4 rings (SSSR count). The van der Waals surface area contributed by atoms with Gasteiger partial charge in [-0.3, -0.25) is 9.69 Å². The second-order valence-corrected chi connectivity index (χ2v) is 11.1. The molecule has 0 radical (unpaired) electrons. The van der Waals surface area contributed by atoms with E-state index in [4.69, 9.17) is 9.72 Å². The molecule has 1 fully saturated rings. The summed E-state index contributed by atoms with van der Waals surface area (Å²) in [5.41, 5.74) is 1.35. The third-order valence-corrected chi connectivity index (χ3v) is 8.59. The van der Waals surface area contributed by atoms with Crippen LogP contribution < -0.4 is 15.0 Å². The number of ether oxygens (including phenoxy) is 1. The van der Waals surface area contributed by atoms with Crippen molar-refractivity contribution in [2.45, 2.75) is 11.8 Å². The number of fused-ring (bicyclic) bond motifs is 1. The van der Waals surface area contributed by atoms with Gasteiger partial charge in [0, 0.05) is 44.8 Å². The van der Waals surface area contributed by atoms with Crippen molar-refractivity contribution in [3.63, 3.8) is 0 Å². The van der Waals surface area contributed by atoms with Crippen LogP contribution in [0.25, 0.3) is 10.2 Å². The minimum Gasteiger partial charge on any atom is -0.497 e. The average molecular weight is 489 g/mol. The maximum atomic E-state index is 12.5. The number of amides is 1. The summed E-state index contributed by atoms with van der Waals surface area (Å²) in [4.78, 5) is 22.0. The highest BCUT2D eigenvalue weighted by Crippen LogP contribution is 2.31. The molecule has 176 valence electrons.